The van der Waals surface area contributed by atoms with Crippen molar-refractivity contribution < 1.29 is 4.79 Å². The van der Waals surface area contributed by atoms with Crippen molar-refractivity contribution in [2.75, 3.05) is 11.1 Å². The molecule has 1 amide bonds. The van der Waals surface area contributed by atoms with Gasteiger partial charge >= 0.3 is 0 Å². The normalized spacial score (nSPS) is 10.5. The van der Waals surface area contributed by atoms with Crippen LogP contribution in [0, 0.1) is 0 Å². The highest BCUT2D eigenvalue weighted by atomic mass is 32.2. The van der Waals surface area contributed by atoms with Gasteiger partial charge < -0.3 is 5.32 Å². The van der Waals surface area contributed by atoms with Gasteiger partial charge in [-0.1, -0.05) is 36.9 Å². The van der Waals surface area contributed by atoms with Crippen LogP contribution in [-0.4, -0.2) is 31.4 Å². The highest BCUT2D eigenvalue weighted by molar-refractivity contribution is 7.99. The van der Waals surface area contributed by atoms with Crippen molar-refractivity contribution in [3.05, 3.63) is 60.7 Å². The zero-order chi connectivity index (χ0) is 16.8. The molecule has 0 aliphatic carbocycles. The third-order valence-electron chi connectivity index (χ3n) is 3.43. The maximum Gasteiger partial charge on any atom is 0.234 e. The Kier molecular flexibility index (Phi) is 5.22. The van der Waals surface area contributed by atoms with E-state index in [2.05, 4.69) is 33.5 Å². The number of nitrogens with one attached hydrogen (secondary N) is 1. The molecule has 0 radical (unpaired) electrons. The smallest absolute Gasteiger partial charge is 0.234 e. The minimum Gasteiger partial charge on any atom is -0.324 e. The van der Waals surface area contributed by atoms with E-state index in [-0.39, 0.29) is 11.7 Å². The van der Waals surface area contributed by atoms with Crippen LogP contribution in [0.5, 0.6) is 0 Å². The second kappa shape index (κ2) is 7.74. The monoisotopic (exact) mass is 339 g/mol. The quantitative estimate of drug-likeness (QED) is 0.699. The summed E-state index contributed by atoms with van der Waals surface area (Å²) in [7, 11) is 0. The first-order chi connectivity index (χ1) is 11.8. The van der Waals surface area contributed by atoms with Crippen LogP contribution >= 0.6 is 11.8 Å². The van der Waals surface area contributed by atoms with E-state index in [9.17, 15) is 4.79 Å². The number of rotatable bonds is 6. The third-order valence-corrected chi connectivity index (χ3v) is 4.37. The van der Waals surface area contributed by atoms with Crippen LogP contribution in [0.25, 0.3) is 5.69 Å². The lowest BCUT2D eigenvalue weighted by atomic mass is 10.1. The lowest BCUT2D eigenvalue weighted by Crippen LogP contribution is -2.14. The lowest BCUT2D eigenvalue weighted by molar-refractivity contribution is -0.113. The van der Waals surface area contributed by atoms with Crippen LogP contribution in [0.15, 0.2) is 60.3 Å². The summed E-state index contributed by atoms with van der Waals surface area (Å²) in [4.78, 5) is 16.0. The van der Waals surface area contributed by atoms with E-state index >= 15 is 0 Å². The Morgan fingerprint density at radius 2 is 2.12 bits per heavy atom. The van der Waals surface area contributed by atoms with Gasteiger partial charge in [0.15, 0.2) is 5.16 Å². The molecule has 1 aromatic carbocycles. The van der Waals surface area contributed by atoms with Crippen LogP contribution < -0.4 is 5.32 Å². The van der Waals surface area contributed by atoms with Crippen molar-refractivity contribution in [3.8, 4) is 5.69 Å². The Balaban J connectivity index is 1.69. The first kappa shape index (κ1) is 16.2. The van der Waals surface area contributed by atoms with Gasteiger partial charge in [-0.25, -0.2) is 0 Å². The van der Waals surface area contributed by atoms with Gasteiger partial charge in [-0.3, -0.25) is 14.3 Å². The van der Waals surface area contributed by atoms with Crippen molar-refractivity contribution in [2.45, 2.75) is 18.5 Å². The van der Waals surface area contributed by atoms with E-state index < -0.39 is 0 Å². The van der Waals surface area contributed by atoms with Crippen LogP contribution in [0.2, 0.25) is 0 Å². The standard InChI is InChI=1S/C17H17N5OS/c1-2-13-6-3-4-8-15(13)22-12-19-21-17(22)24-11-16(23)20-14-7-5-9-18-10-14/h3-10,12H,2,11H2,1H3,(H,20,23). The molecule has 2 aromatic heterocycles. The van der Waals surface area contributed by atoms with E-state index in [1.165, 1.54) is 17.3 Å². The molecule has 0 bridgehead atoms. The van der Waals surface area contributed by atoms with E-state index in [1.54, 1.807) is 30.9 Å². The van der Waals surface area contributed by atoms with Crippen molar-refractivity contribution in [3.63, 3.8) is 0 Å². The summed E-state index contributed by atoms with van der Waals surface area (Å²) in [5.41, 5.74) is 2.93. The number of aromatic nitrogens is 4. The molecule has 0 atom stereocenters. The number of thioether (sulfide) groups is 1. The van der Waals surface area contributed by atoms with Crippen molar-refractivity contribution in [2.24, 2.45) is 0 Å². The first-order valence-electron chi connectivity index (χ1n) is 7.59. The summed E-state index contributed by atoms with van der Waals surface area (Å²) in [6, 6.07) is 11.7. The molecule has 3 aromatic rings. The molecule has 0 fully saturated rings. The first-order valence-corrected chi connectivity index (χ1v) is 8.57. The van der Waals surface area contributed by atoms with Gasteiger partial charge in [0.25, 0.3) is 0 Å². The average Bonchev–Trinajstić information content (AvgIpc) is 3.09. The van der Waals surface area contributed by atoms with Crippen molar-refractivity contribution in [1.82, 2.24) is 19.7 Å². The number of carbonyl (C=O) groups excluding carboxylic acids is 1. The molecule has 0 spiro atoms. The molecule has 6 nitrogen and oxygen atoms in total. The van der Waals surface area contributed by atoms with E-state index in [4.69, 9.17) is 0 Å². The Morgan fingerprint density at radius 3 is 2.92 bits per heavy atom. The molecule has 3 rings (SSSR count). The predicted molar refractivity (Wildman–Crippen MR) is 94.3 cm³/mol. The Morgan fingerprint density at radius 1 is 1.25 bits per heavy atom. The predicted octanol–water partition coefficient (Wildman–Crippen LogP) is 2.96. The van der Waals surface area contributed by atoms with Crippen LogP contribution in [0.1, 0.15) is 12.5 Å². The van der Waals surface area contributed by atoms with Crippen LogP contribution in [0.3, 0.4) is 0 Å². The summed E-state index contributed by atoms with van der Waals surface area (Å²) >= 11 is 1.35. The van der Waals surface area contributed by atoms with Gasteiger partial charge in [0.1, 0.15) is 6.33 Å². The van der Waals surface area contributed by atoms with Gasteiger partial charge in [0, 0.05) is 6.20 Å². The van der Waals surface area contributed by atoms with Gasteiger partial charge in [-0.15, -0.1) is 10.2 Å². The number of anilines is 1. The number of carbonyl (C=O) groups is 1. The fourth-order valence-corrected chi connectivity index (χ4v) is 3.02. The molecule has 0 unspecified atom stereocenters. The fraction of sp³-hybridized carbons (Fsp3) is 0.176. The topological polar surface area (TPSA) is 72.7 Å². The van der Waals surface area contributed by atoms with Crippen molar-refractivity contribution in [1.29, 1.82) is 0 Å². The summed E-state index contributed by atoms with van der Waals surface area (Å²) < 4.78 is 1.92. The maximum atomic E-state index is 12.1. The second-order valence-corrected chi connectivity index (χ2v) is 5.99. The number of para-hydroxylation sites is 1. The van der Waals surface area contributed by atoms with Crippen molar-refractivity contribution >= 4 is 23.4 Å². The minimum absolute atomic E-state index is 0.105. The molecular formula is C17H17N5OS. The SMILES string of the molecule is CCc1ccccc1-n1cnnc1SCC(=O)Nc1cccnc1. The summed E-state index contributed by atoms with van der Waals surface area (Å²) in [6.45, 7) is 2.11. The van der Waals surface area contributed by atoms with Gasteiger partial charge in [-0.05, 0) is 30.2 Å². The molecule has 7 heteroatoms. The number of hydrogen-bond acceptors (Lipinski definition) is 5. The molecular weight excluding hydrogens is 322 g/mol. The van der Waals surface area contributed by atoms with Gasteiger partial charge in [0.2, 0.25) is 5.91 Å². The Bertz CT molecular complexity index is 819. The van der Waals surface area contributed by atoms with E-state index in [0.717, 1.165) is 12.1 Å². The van der Waals surface area contributed by atoms with Gasteiger partial charge in [0.05, 0.1) is 23.3 Å². The zero-order valence-electron chi connectivity index (χ0n) is 13.2. The van der Waals surface area contributed by atoms with Gasteiger partial charge in [-0.2, -0.15) is 0 Å². The third kappa shape index (κ3) is 3.80. The molecule has 0 saturated heterocycles. The molecule has 2 heterocycles. The number of nitrogens with zero attached hydrogens (tertiary/aromatic N) is 4. The summed E-state index contributed by atoms with van der Waals surface area (Å²) in [5, 5.41) is 11.6. The number of amides is 1. The number of benzene rings is 1. The molecule has 0 saturated carbocycles. The fourth-order valence-electron chi connectivity index (χ4n) is 2.30. The molecule has 122 valence electrons. The molecule has 24 heavy (non-hydrogen) atoms. The Labute approximate surface area is 144 Å². The number of aryl methyl sites for hydroxylation is 1. The van der Waals surface area contributed by atoms with E-state index in [1.807, 2.05) is 22.8 Å². The van der Waals surface area contributed by atoms with E-state index in [0.29, 0.717) is 10.8 Å². The molecule has 0 aliphatic heterocycles. The Hall–Kier alpha value is -2.67. The summed E-state index contributed by atoms with van der Waals surface area (Å²) in [6.07, 6.45) is 5.87. The average molecular weight is 339 g/mol. The number of pyridine rings is 1. The number of hydrogen-bond donors (Lipinski definition) is 1. The largest absolute Gasteiger partial charge is 0.324 e. The minimum atomic E-state index is -0.105. The summed E-state index contributed by atoms with van der Waals surface area (Å²) in [5.74, 6) is 0.147. The lowest BCUT2D eigenvalue weighted by Gasteiger charge is -2.10. The maximum absolute atomic E-state index is 12.1. The zero-order valence-corrected chi connectivity index (χ0v) is 14.0. The second-order valence-electron chi connectivity index (χ2n) is 5.04. The molecule has 1 N–H and O–H groups in total. The van der Waals surface area contributed by atoms with Crippen LogP contribution in [0.4, 0.5) is 5.69 Å². The van der Waals surface area contributed by atoms with Crippen LogP contribution in [-0.2, 0) is 11.2 Å². The highest BCUT2D eigenvalue weighted by Gasteiger charge is 2.12. The highest BCUT2D eigenvalue weighted by Crippen LogP contribution is 2.22. The molecule has 0 aliphatic rings.